The Morgan fingerprint density at radius 2 is 1.60 bits per heavy atom. The average Bonchev–Trinajstić information content (AvgIpc) is 2.60. The summed E-state index contributed by atoms with van der Waals surface area (Å²) in [7, 11) is -3.27. The van der Waals surface area contributed by atoms with Crippen LogP contribution in [0.4, 0.5) is 4.39 Å². The summed E-state index contributed by atoms with van der Waals surface area (Å²) in [5, 5.41) is 10.7. The molecular formula is C20H17FO3S. The number of aliphatic hydroxyl groups is 1. The fourth-order valence-electron chi connectivity index (χ4n) is 2.74. The molecule has 5 heteroatoms. The van der Waals surface area contributed by atoms with Gasteiger partial charge in [-0.05, 0) is 46.5 Å². The van der Waals surface area contributed by atoms with Crippen molar-refractivity contribution in [2.45, 2.75) is 11.0 Å². The van der Waals surface area contributed by atoms with Gasteiger partial charge in [0.1, 0.15) is 11.9 Å². The third-order valence-corrected chi connectivity index (χ3v) is 5.14. The van der Waals surface area contributed by atoms with Gasteiger partial charge in [-0.2, -0.15) is 0 Å². The molecule has 0 aliphatic rings. The van der Waals surface area contributed by atoms with Crippen LogP contribution in [0.1, 0.15) is 17.2 Å². The van der Waals surface area contributed by atoms with E-state index in [-0.39, 0.29) is 4.90 Å². The van der Waals surface area contributed by atoms with Gasteiger partial charge in [-0.3, -0.25) is 0 Å². The second-order valence-electron chi connectivity index (χ2n) is 5.84. The van der Waals surface area contributed by atoms with E-state index >= 15 is 0 Å². The van der Waals surface area contributed by atoms with Crippen LogP contribution in [0.15, 0.2) is 77.7 Å². The summed E-state index contributed by atoms with van der Waals surface area (Å²) in [5.41, 5.74) is 2.62. The highest BCUT2D eigenvalue weighted by Crippen LogP contribution is 2.32. The summed E-state index contributed by atoms with van der Waals surface area (Å²) in [6.45, 7) is 0. The third-order valence-electron chi connectivity index (χ3n) is 4.01. The van der Waals surface area contributed by atoms with Crippen molar-refractivity contribution in [2.24, 2.45) is 0 Å². The topological polar surface area (TPSA) is 54.4 Å². The van der Waals surface area contributed by atoms with E-state index in [0.717, 1.165) is 17.4 Å². The maximum atomic E-state index is 13.5. The number of sulfone groups is 1. The Bertz CT molecular complexity index is 995. The smallest absolute Gasteiger partial charge is 0.175 e. The Balaban J connectivity index is 2.04. The van der Waals surface area contributed by atoms with Gasteiger partial charge < -0.3 is 5.11 Å². The van der Waals surface area contributed by atoms with E-state index in [1.54, 1.807) is 36.4 Å². The molecule has 0 bridgehead atoms. The molecule has 0 aliphatic carbocycles. The second kappa shape index (κ2) is 6.78. The highest BCUT2D eigenvalue weighted by molar-refractivity contribution is 7.90. The van der Waals surface area contributed by atoms with Crippen molar-refractivity contribution in [1.82, 2.24) is 0 Å². The molecular weight excluding hydrogens is 339 g/mol. The van der Waals surface area contributed by atoms with Gasteiger partial charge in [0.05, 0.1) is 4.90 Å². The molecule has 0 radical (unpaired) electrons. The summed E-state index contributed by atoms with van der Waals surface area (Å²) < 4.78 is 36.6. The van der Waals surface area contributed by atoms with Gasteiger partial charge in [0.25, 0.3) is 0 Å². The van der Waals surface area contributed by atoms with Crippen LogP contribution >= 0.6 is 0 Å². The standard InChI is InChI=1S/C20H17FO3S/c1-25(23,24)17-11-9-14(10-12-17)18-7-2-3-8-19(18)20(22)15-5-4-6-16(21)13-15/h2-13,20,22H,1H3/t20-/m1/s1. The number of hydrogen-bond acceptors (Lipinski definition) is 3. The number of benzene rings is 3. The van der Waals surface area contributed by atoms with E-state index in [1.165, 1.54) is 24.3 Å². The van der Waals surface area contributed by atoms with Crippen LogP contribution in [-0.2, 0) is 9.84 Å². The first-order valence-electron chi connectivity index (χ1n) is 7.69. The maximum Gasteiger partial charge on any atom is 0.175 e. The molecule has 0 heterocycles. The zero-order valence-corrected chi connectivity index (χ0v) is 14.4. The number of hydrogen-bond donors (Lipinski definition) is 1. The van der Waals surface area contributed by atoms with E-state index in [0.29, 0.717) is 11.1 Å². The fraction of sp³-hybridized carbons (Fsp3) is 0.100. The van der Waals surface area contributed by atoms with E-state index < -0.39 is 21.8 Å². The molecule has 3 rings (SSSR count). The number of halogens is 1. The number of aliphatic hydroxyl groups excluding tert-OH is 1. The largest absolute Gasteiger partial charge is 0.384 e. The van der Waals surface area contributed by atoms with Crippen LogP contribution in [0.5, 0.6) is 0 Å². The highest BCUT2D eigenvalue weighted by Gasteiger charge is 2.16. The summed E-state index contributed by atoms with van der Waals surface area (Å²) in [5.74, 6) is -0.411. The molecule has 0 amide bonds. The Labute approximate surface area is 146 Å². The van der Waals surface area contributed by atoms with Gasteiger partial charge in [0.2, 0.25) is 0 Å². The summed E-state index contributed by atoms with van der Waals surface area (Å²) in [4.78, 5) is 0.236. The molecule has 0 saturated heterocycles. The van der Waals surface area contributed by atoms with E-state index in [4.69, 9.17) is 0 Å². The molecule has 0 saturated carbocycles. The van der Waals surface area contributed by atoms with Crippen LogP contribution in [0.2, 0.25) is 0 Å². The minimum Gasteiger partial charge on any atom is -0.384 e. The molecule has 0 aliphatic heterocycles. The van der Waals surface area contributed by atoms with Gasteiger partial charge in [0, 0.05) is 6.26 Å². The maximum absolute atomic E-state index is 13.5. The predicted octanol–water partition coefficient (Wildman–Crippen LogP) is 3.98. The lowest BCUT2D eigenvalue weighted by Crippen LogP contribution is -2.02. The molecule has 0 fully saturated rings. The van der Waals surface area contributed by atoms with E-state index in [2.05, 4.69) is 0 Å². The summed E-state index contributed by atoms with van der Waals surface area (Å²) >= 11 is 0. The van der Waals surface area contributed by atoms with Gasteiger partial charge in [-0.25, -0.2) is 12.8 Å². The van der Waals surface area contributed by atoms with Crippen LogP contribution < -0.4 is 0 Å². The zero-order valence-electron chi connectivity index (χ0n) is 13.6. The zero-order chi connectivity index (χ0) is 18.0. The molecule has 3 aromatic carbocycles. The SMILES string of the molecule is CS(=O)(=O)c1ccc(-c2ccccc2[C@H](O)c2cccc(F)c2)cc1. The summed E-state index contributed by atoms with van der Waals surface area (Å²) in [6.07, 6.45) is 0.172. The minimum absolute atomic E-state index is 0.236. The van der Waals surface area contributed by atoms with Crippen molar-refractivity contribution >= 4 is 9.84 Å². The Morgan fingerprint density at radius 1 is 0.920 bits per heavy atom. The monoisotopic (exact) mass is 356 g/mol. The van der Waals surface area contributed by atoms with Gasteiger partial charge >= 0.3 is 0 Å². The highest BCUT2D eigenvalue weighted by atomic mass is 32.2. The van der Waals surface area contributed by atoms with Gasteiger partial charge in [-0.15, -0.1) is 0 Å². The molecule has 128 valence electrons. The van der Waals surface area contributed by atoms with E-state index in [9.17, 15) is 17.9 Å². The normalized spacial score (nSPS) is 12.8. The van der Waals surface area contributed by atoms with Crippen molar-refractivity contribution in [3.05, 3.63) is 89.7 Å². The van der Waals surface area contributed by atoms with Crippen molar-refractivity contribution in [3.8, 4) is 11.1 Å². The lowest BCUT2D eigenvalue weighted by molar-refractivity contribution is 0.220. The fourth-order valence-corrected chi connectivity index (χ4v) is 3.37. The first-order valence-corrected chi connectivity index (χ1v) is 9.58. The first kappa shape index (κ1) is 17.3. The summed E-state index contributed by atoms with van der Waals surface area (Å²) in [6, 6.07) is 19.6. The van der Waals surface area contributed by atoms with Crippen molar-refractivity contribution in [2.75, 3.05) is 6.26 Å². The molecule has 0 unspecified atom stereocenters. The first-order chi connectivity index (χ1) is 11.9. The molecule has 0 spiro atoms. The van der Waals surface area contributed by atoms with Gasteiger partial charge in [-0.1, -0.05) is 48.5 Å². The molecule has 1 N–H and O–H groups in total. The Kier molecular flexibility index (Phi) is 4.70. The quantitative estimate of drug-likeness (QED) is 0.769. The van der Waals surface area contributed by atoms with Crippen LogP contribution in [0.3, 0.4) is 0 Å². The second-order valence-corrected chi connectivity index (χ2v) is 7.86. The Hall–Kier alpha value is -2.50. The molecule has 3 nitrogen and oxygen atoms in total. The third kappa shape index (κ3) is 3.78. The van der Waals surface area contributed by atoms with Crippen LogP contribution in [0.25, 0.3) is 11.1 Å². The number of rotatable bonds is 4. The lowest BCUT2D eigenvalue weighted by Gasteiger charge is -2.16. The van der Waals surface area contributed by atoms with Crippen LogP contribution in [-0.4, -0.2) is 19.8 Å². The molecule has 0 aromatic heterocycles. The van der Waals surface area contributed by atoms with E-state index in [1.807, 2.05) is 12.1 Å². The Morgan fingerprint density at radius 3 is 2.24 bits per heavy atom. The molecule has 1 atom stereocenters. The molecule has 3 aromatic rings. The molecule has 25 heavy (non-hydrogen) atoms. The lowest BCUT2D eigenvalue weighted by atomic mass is 9.93. The average molecular weight is 356 g/mol. The predicted molar refractivity (Wildman–Crippen MR) is 95.4 cm³/mol. The van der Waals surface area contributed by atoms with Crippen molar-refractivity contribution in [1.29, 1.82) is 0 Å². The van der Waals surface area contributed by atoms with Gasteiger partial charge in [0.15, 0.2) is 9.84 Å². The van der Waals surface area contributed by atoms with Crippen molar-refractivity contribution in [3.63, 3.8) is 0 Å². The minimum atomic E-state index is -3.27. The van der Waals surface area contributed by atoms with Crippen LogP contribution in [0, 0.1) is 5.82 Å². The van der Waals surface area contributed by atoms with Crippen molar-refractivity contribution < 1.29 is 17.9 Å².